The van der Waals surface area contributed by atoms with Crippen LogP contribution >= 0.6 is 0 Å². The Kier molecular flexibility index (Phi) is 6.68. The van der Waals surface area contributed by atoms with E-state index in [4.69, 9.17) is 4.74 Å². The number of likely N-dealkylation sites (tertiary alicyclic amines) is 1. The number of nitrogens with one attached hydrogen (secondary N) is 1. The Morgan fingerprint density at radius 2 is 1.90 bits per heavy atom. The maximum Gasteiger partial charge on any atom is 0.307 e. The second-order valence-electron chi connectivity index (χ2n) is 11.7. The van der Waals surface area contributed by atoms with Gasteiger partial charge in [0.1, 0.15) is 17.1 Å². The molecule has 1 fully saturated rings. The summed E-state index contributed by atoms with van der Waals surface area (Å²) in [6.07, 6.45) is 4.58. The first-order chi connectivity index (χ1) is 19.7. The van der Waals surface area contributed by atoms with Gasteiger partial charge in [-0.15, -0.1) is 0 Å². The van der Waals surface area contributed by atoms with Gasteiger partial charge in [0.05, 0.1) is 19.7 Å². The number of rotatable bonds is 6. The van der Waals surface area contributed by atoms with Crippen LogP contribution in [0.5, 0.6) is 5.75 Å². The average Bonchev–Trinajstić information content (AvgIpc) is 3.57. The van der Waals surface area contributed by atoms with Crippen LogP contribution in [0.4, 0.5) is 0 Å². The van der Waals surface area contributed by atoms with Crippen LogP contribution in [0.1, 0.15) is 71.3 Å². The number of methoxy groups -OCH3 is 1. The summed E-state index contributed by atoms with van der Waals surface area (Å²) in [5.74, 6) is -0.301. The molecule has 0 atom stereocenters. The second kappa shape index (κ2) is 10.2. The number of aliphatic carboxylic acids is 1. The minimum Gasteiger partial charge on any atom is -0.496 e. The van der Waals surface area contributed by atoms with Gasteiger partial charge in [-0.3, -0.25) is 19.1 Å². The first-order valence-corrected chi connectivity index (χ1v) is 14.1. The fourth-order valence-electron chi connectivity index (χ4n) is 6.59. The highest BCUT2D eigenvalue weighted by Gasteiger charge is 2.43. The highest BCUT2D eigenvalue weighted by molar-refractivity contribution is 6.03. The van der Waals surface area contributed by atoms with E-state index < -0.39 is 5.97 Å². The fourth-order valence-corrected chi connectivity index (χ4v) is 6.59. The van der Waals surface area contributed by atoms with Gasteiger partial charge in [-0.2, -0.15) is 5.10 Å². The number of piperidine rings is 1. The smallest absolute Gasteiger partial charge is 0.307 e. The highest BCUT2D eigenvalue weighted by Crippen LogP contribution is 2.44. The minimum absolute atomic E-state index is 0.0567. The van der Waals surface area contributed by atoms with Gasteiger partial charge < -0.3 is 19.7 Å². The molecule has 1 spiro atoms. The van der Waals surface area contributed by atoms with E-state index in [-0.39, 0.29) is 29.6 Å². The summed E-state index contributed by atoms with van der Waals surface area (Å²) in [5.41, 5.74) is 5.36. The van der Waals surface area contributed by atoms with Crippen LogP contribution in [0.3, 0.4) is 0 Å². The SMILES string of the molecule is COc1ccc(-c2cccc3[nH]c(C(=O)N4CCC5(CC4)CC(=O)c4c(cnn4C(C)C)C5)cc23)cc1CC(=O)O. The zero-order valence-electron chi connectivity index (χ0n) is 23.6. The summed E-state index contributed by atoms with van der Waals surface area (Å²) in [4.78, 5) is 43.4. The molecule has 2 aromatic carbocycles. The molecule has 41 heavy (non-hydrogen) atoms. The molecule has 4 aromatic rings. The molecular formula is C32H34N4O5. The topological polar surface area (TPSA) is 118 Å². The molecule has 9 nitrogen and oxygen atoms in total. The van der Waals surface area contributed by atoms with Crippen molar-refractivity contribution in [2.75, 3.05) is 20.2 Å². The molecule has 0 bridgehead atoms. The van der Waals surface area contributed by atoms with Gasteiger partial charge in [-0.25, -0.2) is 0 Å². The largest absolute Gasteiger partial charge is 0.496 e. The van der Waals surface area contributed by atoms with Gasteiger partial charge in [0.25, 0.3) is 5.91 Å². The molecule has 1 amide bonds. The molecule has 2 N–H and O–H groups in total. The molecule has 212 valence electrons. The molecule has 1 aliphatic carbocycles. The van der Waals surface area contributed by atoms with Crippen LogP contribution in [0.25, 0.3) is 22.0 Å². The van der Waals surface area contributed by atoms with Crippen molar-refractivity contribution in [3.05, 3.63) is 71.2 Å². The number of ether oxygens (including phenoxy) is 1. The van der Waals surface area contributed by atoms with Gasteiger partial charge in [-0.1, -0.05) is 18.2 Å². The van der Waals surface area contributed by atoms with E-state index in [2.05, 4.69) is 10.1 Å². The van der Waals surface area contributed by atoms with Crippen LogP contribution in [-0.2, 0) is 17.6 Å². The summed E-state index contributed by atoms with van der Waals surface area (Å²) < 4.78 is 7.20. The highest BCUT2D eigenvalue weighted by atomic mass is 16.5. The van der Waals surface area contributed by atoms with Crippen molar-refractivity contribution in [1.82, 2.24) is 19.7 Å². The predicted octanol–water partition coefficient (Wildman–Crippen LogP) is 5.30. The number of aromatic nitrogens is 3. The second-order valence-corrected chi connectivity index (χ2v) is 11.7. The van der Waals surface area contributed by atoms with E-state index >= 15 is 0 Å². The maximum absolute atomic E-state index is 13.6. The number of benzene rings is 2. The third-order valence-corrected chi connectivity index (χ3v) is 8.66. The van der Waals surface area contributed by atoms with Crippen LogP contribution < -0.4 is 4.74 Å². The summed E-state index contributed by atoms with van der Waals surface area (Å²) in [5, 5.41) is 14.7. The van der Waals surface area contributed by atoms with Crippen LogP contribution in [-0.4, -0.2) is 62.6 Å². The number of carboxylic acids is 1. The molecule has 2 aromatic heterocycles. The number of ketones is 1. The zero-order chi connectivity index (χ0) is 28.9. The fraction of sp³-hybridized carbons (Fsp3) is 0.375. The van der Waals surface area contributed by atoms with E-state index in [1.165, 1.54) is 7.11 Å². The summed E-state index contributed by atoms with van der Waals surface area (Å²) in [7, 11) is 1.53. The number of carbonyl (C=O) groups excluding carboxylic acids is 2. The van der Waals surface area contributed by atoms with Gasteiger partial charge in [0.2, 0.25) is 0 Å². The zero-order valence-corrected chi connectivity index (χ0v) is 23.6. The quantitative estimate of drug-likeness (QED) is 0.334. The summed E-state index contributed by atoms with van der Waals surface area (Å²) in [6.45, 7) is 5.27. The number of nitrogens with zero attached hydrogens (tertiary/aromatic N) is 3. The molecule has 3 heterocycles. The number of carbonyl (C=O) groups is 3. The van der Waals surface area contributed by atoms with Crippen LogP contribution in [0.2, 0.25) is 0 Å². The predicted molar refractivity (Wildman–Crippen MR) is 154 cm³/mol. The molecule has 0 unspecified atom stereocenters. The normalized spacial score (nSPS) is 16.4. The Morgan fingerprint density at radius 3 is 2.61 bits per heavy atom. The van der Waals surface area contributed by atoms with Crippen LogP contribution in [0.15, 0.2) is 48.7 Å². The van der Waals surface area contributed by atoms with E-state index in [1.54, 1.807) is 6.07 Å². The maximum atomic E-state index is 13.6. The van der Waals surface area contributed by atoms with Gasteiger partial charge >= 0.3 is 5.97 Å². The summed E-state index contributed by atoms with van der Waals surface area (Å²) >= 11 is 0. The minimum atomic E-state index is -0.930. The average molecular weight is 555 g/mol. The molecule has 6 rings (SSSR count). The third kappa shape index (κ3) is 4.79. The lowest BCUT2D eigenvalue weighted by Gasteiger charge is -2.43. The Hall–Kier alpha value is -4.40. The van der Waals surface area contributed by atoms with Gasteiger partial charge in [0, 0.05) is 47.6 Å². The third-order valence-electron chi connectivity index (χ3n) is 8.66. The van der Waals surface area contributed by atoms with E-state index in [9.17, 15) is 19.5 Å². The Bertz CT molecular complexity index is 1670. The number of aromatic amines is 1. The number of hydrogen-bond donors (Lipinski definition) is 2. The number of H-pyrrole nitrogens is 1. The molecule has 1 aliphatic heterocycles. The van der Waals surface area contributed by atoms with Gasteiger partial charge in [-0.05, 0) is 73.9 Å². The monoisotopic (exact) mass is 554 g/mol. The van der Waals surface area contributed by atoms with Crippen molar-refractivity contribution >= 4 is 28.6 Å². The van der Waals surface area contributed by atoms with Crippen molar-refractivity contribution in [3.8, 4) is 16.9 Å². The van der Waals surface area contributed by atoms with Crippen molar-refractivity contribution in [1.29, 1.82) is 0 Å². The van der Waals surface area contributed by atoms with E-state index in [0.717, 1.165) is 52.5 Å². The molecule has 0 saturated carbocycles. The summed E-state index contributed by atoms with van der Waals surface area (Å²) in [6, 6.07) is 13.4. The van der Waals surface area contributed by atoms with Crippen molar-refractivity contribution < 1.29 is 24.2 Å². The van der Waals surface area contributed by atoms with Gasteiger partial charge in [0.15, 0.2) is 5.78 Å². The molecule has 0 radical (unpaired) electrons. The van der Waals surface area contributed by atoms with E-state index in [1.807, 2.05) is 66.0 Å². The number of carboxylic acid groups (broad SMARTS) is 1. The lowest BCUT2D eigenvalue weighted by Crippen LogP contribution is -2.46. The number of fused-ring (bicyclic) bond motifs is 2. The van der Waals surface area contributed by atoms with Crippen LogP contribution in [0, 0.1) is 5.41 Å². The Morgan fingerprint density at radius 1 is 1.12 bits per heavy atom. The number of amides is 1. The standard InChI is InChI=1S/C32H34N4O5/c1-19(2)36-30-22(18-33-36)16-32(17-27(30)37)9-11-35(12-10-32)31(40)26-15-24-23(5-4-6-25(24)34-26)20-7-8-28(41-3)21(13-20)14-29(38)39/h4-8,13,15,18-19,34H,9-12,14,16-17H2,1-3H3,(H,38,39). The Labute approximate surface area is 238 Å². The lowest BCUT2D eigenvalue weighted by atomic mass is 9.67. The first kappa shape index (κ1) is 26.8. The van der Waals surface area contributed by atoms with Crippen molar-refractivity contribution in [2.24, 2.45) is 5.41 Å². The van der Waals surface area contributed by atoms with Crippen molar-refractivity contribution in [3.63, 3.8) is 0 Å². The number of Topliss-reactive ketones (excluding diaryl/α,β-unsaturated/α-hetero) is 1. The molecule has 2 aliphatic rings. The number of hydrogen-bond acceptors (Lipinski definition) is 5. The first-order valence-electron chi connectivity index (χ1n) is 14.1. The Balaban J connectivity index is 1.22. The van der Waals surface area contributed by atoms with Crippen molar-refractivity contribution in [2.45, 2.75) is 52.0 Å². The lowest BCUT2D eigenvalue weighted by molar-refractivity contribution is -0.136. The molecular weight excluding hydrogens is 520 g/mol. The van der Waals surface area contributed by atoms with E-state index in [0.29, 0.717) is 36.5 Å². The molecule has 9 heteroatoms. The molecule has 1 saturated heterocycles.